The first-order valence-electron chi connectivity index (χ1n) is 8.74. The van der Waals surface area contributed by atoms with Gasteiger partial charge in [-0.15, -0.1) is 0 Å². The molecule has 0 bridgehead atoms. The Morgan fingerprint density at radius 1 is 1.13 bits per heavy atom. The quantitative estimate of drug-likeness (QED) is 0.921. The molecule has 1 saturated carbocycles. The maximum atomic E-state index is 13.0. The van der Waals surface area contributed by atoms with Gasteiger partial charge in [-0.05, 0) is 50.1 Å². The molecule has 1 aliphatic carbocycles. The van der Waals surface area contributed by atoms with E-state index in [1.165, 1.54) is 12.1 Å². The number of aliphatic hydroxyl groups excluding tert-OH is 1. The summed E-state index contributed by atoms with van der Waals surface area (Å²) in [5.74, 6) is 0.361. The lowest BCUT2D eigenvalue weighted by molar-refractivity contribution is -0.0629. The number of aliphatic hydroxyl groups is 1. The molecule has 0 aromatic heterocycles. The lowest BCUT2D eigenvalue weighted by atomic mass is 9.88. The second kappa shape index (κ2) is 7.60. The van der Waals surface area contributed by atoms with Crippen molar-refractivity contribution in [3.63, 3.8) is 0 Å². The van der Waals surface area contributed by atoms with E-state index in [2.05, 4.69) is 16.7 Å². The molecule has 4 nitrogen and oxygen atoms in total. The number of halogens is 1. The molecule has 0 unspecified atom stereocenters. The number of rotatable bonds is 4. The molecule has 23 heavy (non-hydrogen) atoms. The monoisotopic (exact) mass is 322 g/mol. The minimum Gasteiger partial charge on any atom is -0.488 e. The van der Waals surface area contributed by atoms with Gasteiger partial charge in [0.25, 0.3) is 0 Å². The van der Waals surface area contributed by atoms with Crippen LogP contribution in [0.15, 0.2) is 24.3 Å². The van der Waals surface area contributed by atoms with Crippen molar-refractivity contribution in [2.45, 2.75) is 44.4 Å². The Morgan fingerprint density at radius 2 is 1.83 bits per heavy atom. The van der Waals surface area contributed by atoms with Gasteiger partial charge in [-0.3, -0.25) is 4.90 Å². The van der Waals surface area contributed by atoms with Crippen molar-refractivity contribution in [3.05, 3.63) is 30.1 Å². The summed E-state index contributed by atoms with van der Waals surface area (Å²) in [6, 6.07) is 6.23. The van der Waals surface area contributed by atoms with Gasteiger partial charge in [0.05, 0.1) is 0 Å². The van der Waals surface area contributed by atoms with Crippen LogP contribution < -0.4 is 4.74 Å². The van der Waals surface area contributed by atoms with Crippen molar-refractivity contribution in [3.8, 4) is 5.75 Å². The van der Waals surface area contributed by atoms with Crippen LogP contribution in [0.5, 0.6) is 5.75 Å². The molecule has 2 aliphatic rings. The van der Waals surface area contributed by atoms with Crippen LogP contribution in [0.25, 0.3) is 0 Å². The van der Waals surface area contributed by atoms with Gasteiger partial charge >= 0.3 is 0 Å². The van der Waals surface area contributed by atoms with Crippen LogP contribution in [0.3, 0.4) is 0 Å². The van der Waals surface area contributed by atoms with E-state index in [9.17, 15) is 9.50 Å². The molecule has 2 fully saturated rings. The average Bonchev–Trinajstić information content (AvgIpc) is 2.59. The van der Waals surface area contributed by atoms with Gasteiger partial charge in [0.1, 0.15) is 23.8 Å². The third kappa shape index (κ3) is 4.03. The van der Waals surface area contributed by atoms with Gasteiger partial charge in [0.2, 0.25) is 0 Å². The Hall–Kier alpha value is -1.17. The summed E-state index contributed by atoms with van der Waals surface area (Å²) in [5, 5.41) is 10.8. The van der Waals surface area contributed by atoms with Crippen LogP contribution in [0.4, 0.5) is 4.39 Å². The molecule has 3 rings (SSSR count). The fraction of sp³-hybridized carbons (Fsp3) is 0.667. The van der Waals surface area contributed by atoms with Crippen molar-refractivity contribution < 1.29 is 14.2 Å². The zero-order chi connectivity index (χ0) is 16.2. The maximum Gasteiger partial charge on any atom is 0.126 e. The average molecular weight is 322 g/mol. The molecule has 1 heterocycles. The fourth-order valence-corrected chi connectivity index (χ4v) is 3.74. The number of nitrogens with zero attached hydrogens (tertiary/aromatic N) is 2. The molecule has 1 saturated heterocycles. The van der Waals surface area contributed by atoms with Gasteiger partial charge in [0.15, 0.2) is 0 Å². The zero-order valence-electron chi connectivity index (χ0n) is 13.8. The fourth-order valence-electron chi connectivity index (χ4n) is 3.74. The first-order valence-corrected chi connectivity index (χ1v) is 8.74. The summed E-state index contributed by atoms with van der Waals surface area (Å²) < 4.78 is 18.9. The molecule has 0 amide bonds. The summed E-state index contributed by atoms with van der Waals surface area (Å²) in [4.78, 5) is 4.86. The molecule has 1 N–H and O–H groups in total. The van der Waals surface area contributed by atoms with E-state index in [4.69, 9.17) is 4.74 Å². The number of hydrogen-bond acceptors (Lipinski definition) is 4. The molecule has 0 spiro atoms. The van der Waals surface area contributed by atoms with E-state index in [-0.39, 0.29) is 18.0 Å². The summed E-state index contributed by atoms with van der Waals surface area (Å²) in [7, 11) is 0. The first kappa shape index (κ1) is 16.7. The van der Waals surface area contributed by atoms with Crippen molar-refractivity contribution in [2.75, 3.05) is 32.7 Å². The predicted molar refractivity (Wildman–Crippen MR) is 88.1 cm³/mol. The first-order chi connectivity index (χ1) is 11.2. The van der Waals surface area contributed by atoms with Crippen LogP contribution in [0, 0.1) is 5.82 Å². The third-order valence-corrected chi connectivity index (χ3v) is 5.19. The molecule has 5 heteroatoms. The van der Waals surface area contributed by atoms with Gasteiger partial charge in [0, 0.05) is 32.2 Å². The van der Waals surface area contributed by atoms with E-state index in [0.717, 1.165) is 52.0 Å². The number of ether oxygens (including phenoxy) is 1. The minimum atomic E-state index is -0.484. The van der Waals surface area contributed by atoms with Crippen LogP contribution in [-0.2, 0) is 0 Å². The molecule has 128 valence electrons. The minimum absolute atomic E-state index is 0.174. The zero-order valence-corrected chi connectivity index (χ0v) is 13.8. The van der Waals surface area contributed by atoms with Crippen LogP contribution >= 0.6 is 0 Å². The highest BCUT2D eigenvalue weighted by atomic mass is 19.1. The van der Waals surface area contributed by atoms with Crippen LogP contribution in [-0.4, -0.2) is 65.9 Å². The Morgan fingerprint density at radius 3 is 2.48 bits per heavy atom. The van der Waals surface area contributed by atoms with Crippen LogP contribution in [0.2, 0.25) is 0 Å². The lowest BCUT2D eigenvalue weighted by Gasteiger charge is -2.44. The third-order valence-electron chi connectivity index (χ3n) is 5.19. The number of hydrogen-bond donors (Lipinski definition) is 1. The Balaban J connectivity index is 1.59. The predicted octanol–water partition coefficient (Wildman–Crippen LogP) is 2.12. The largest absolute Gasteiger partial charge is 0.488 e. The van der Waals surface area contributed by atoms with Crippen molar-refractivity contribution in [1.29, 1.82) is 0 Å². The second-order valence-corrected chi connectivity index (χ2v) is 6.57. The van der Waals surface area contributed by atoms with Gasteiger partial charge in [-0.2, -0.15) is 0 Å². The normalized spacial score (nSPS) is 30.3. The second-order valence-electron chi connectivity index (χ2n) is 6.57. The number of benzene rings is 1. The molecule has 1 aliphatic heterocycles. The topological polar surface area (TPSA) is 35.9 Å². The molecular weight excluding hydrogens is 295 g/mol. The maximum absolute atomic E-state index is 13.0. The standard InChI is InChI=1S/C18H27FN2O2/c1-2-20-10-12-21(13-11-20)16-4-3-5-17(18(16)22)23-15-8-6-14(19)7-9-15/h6-9,16-18,22H,2-5,10-13H2,1H3/t16-,17+,18+/m0/s1. The smallest absolute Gasteiger partial charge is 0.126 e. The highest BCUT2D eigenvalue weighted by Crippen LogP contribution is 2.28. The van der Waals surface area contributed by atoms with E-state index >= 15 is 0 Å². The summed E-state index contributed by atoms with van der Waals surface area (Å²) in [5.41, 5.74) is 0. The van der Waals surface area contributed by atoms with Crippen LogP contribution in [0.1, 0.15) is 26.2 Å². The molecule has 1 aromatic rings. The van der Waals surface area contributed by atoms with Gasteiger partial charge < -0.3 is 14.7 Å². The van der Waals surface area contributed by atoms with Gasteiger partial charge in [-0.1, -0.05) is 6.92 Å². The van der Waals surface area contributed by atoms with E-state index in [0.29, 0.717) is 5.75 Å². The molecular formula is C18H27FN2O2. The summed E-state index contributed by atoms with van der Waals surface area (Å²) in [6.45, 7) is 7.46. The number of likely N-dealkylation sites (N-methyl/N-ethyl adjacent to an activating group) is 1. The van der Waals surface area contributed by atoms with Crippen molar-refractivity contribution >= 4 is 0 Å². The highest BCUT2D eigenvalue weighted by Gasteiger charge is 2.37. The van der Waals surface area contributed by atoms with Gasteiger partial charge in [-0.25, -0.2) is 4.39 Å². The number of piperazine rings is 1. The molecule has 1 aromatic carbocycles. The van der Waals surface area contributed by atoms with Crippen molar-refractivity contribution in [2.24, 2.45) is 0 Å². The van der Waals surface area contributed by atoms with E-state index in [1.807, 2.05) is 0 Å². The molecule has 0 radical (unpaired) electrons. The highest BCUT2D eigenvalue weighted by molar-refractivity contribution is 5.22. The Labute approximate surface area is 137 Å². The van der Waals surface area contributed by atoms with E-state index < -0.39 is 6.10 Å². The SMILES string of the molecule is CCN1CCN([C@H]2CCC[C@@H](Oc3ccc(F)cc3)[C@@H]2O)CC1. The van der Waals surface area contributed by atoms with E-state index in [1.54, 1.807) is 12.1 Å². The summed E-state index contributed by atoms with van der Waals surface area (Å²) >= 11 is 0. The molecule has 3 atom stereocenters. The Kier molecular flexibility index (Phi) is 5.51. The van der Waals surface area contributed by atoms with Crippen molar-refractivity contribution in [1.82, 2.24) is 9.80 Å². The summed E-state index contributed by atoms with van der Waals surface area (Å²) in [6.07, 6.45) is 2.24. The Bertz CT molecular complexity index is 488. The lowest BCUT2D eigenvalue weighted by Crippen LogP contribution is -2.58.